The third-order valence-electron chi connectivity index (χ3n) is 2.90. The van der Waals surface area contributed by atoms with Gasteiger partial charge in [0.15, 0.2) is 0 Å². The second-order valence-electron chi connectivity index (χ2n) is 4.71. The topological polar surface area (TPSA) is 66.4 Å². The Balaban J connectivity index is 2.05. The zero-order valence-electron chi connectivity index (χ0n) is 11.7. The third-order valence-corrected chi connectivity index (χ3v) is 3.91. The van der Waals surface area contributed by atoms with Crippen LogP contribution in [-0.2, 0) is 15.3 Å². The Kier molecular flexibility index (Phi) is 7.80. The highest BCUT2D eigenvalue weighted by atomic mass is 32.2. The fourth-order valence-corrected chi connectivity index (χ4v) is 2.46. The molecule has 0 aromatic heterocycles. The van der Waals surface area contributed by atoms with Crippen LogP contribution < -0.4 is 5.32 Å². The van der Waals surface area contributed by atoms with Gasteiger partial charge in [0, 0.05) is 12.3 Å². The van der Waals surface area contributed by atoms with Crippen molar-refractivity contribution in [3.8, 4) is 0 Å². The molecule has 2 N–H and O–H groups in total. The normalized spacial score (nSPS) is 11.8. The molecule has 1 rings (SSSR count). The average molecular weight is 295 g/mol. The number of carboxylic acids is 1. The molecule has 4 nitrogen and oxygen atoms in total. The van der Waals surface area contributed by atoms with E-state index < -0.39 is 5.97 Å². The lowest BCUT2D eigenvalue weighted by Crippen LogP contribution is -2.26. The summed E-state index contributed by atoms with van der Waals surface area (Å²) in [5, 5.41) is 11.5. The van der Waals surface area contributed by atoms with Crippen LogP contribution in [0.1, 0.15) is 25.3 Å². The number of carbonyl (C=O) groups is 2. The van der Waals surface area contributed by atoms with E-state index in [1.54, 1.807) is 18.7 Å². The highest BCUT2D eigenvalue weighted by Crippen LogP contribution is 2.11. The minimum Gasteiger partial charge on any atom is -0.481 e. The van der Waals surface area contributed by atoms with E-state index >= 15 is 0 Å². The number of rotatable bonds is 9. The molecule has 0 heterocycles. The van der Waals surface area contributed by atoms with Gasteiger partial charge in [-0.1, -0.05) is 37.3 Å². The molecule has 1 aromatic carbocycles. The van der Waals surface area contributed by atoms with Crippen molar-refractivity contribution in [2.24, 2.45) is 5.92 Å². The molecule has 0 bridgehead atoms. The summed E-state index contributed by atoms with van der Waals surface area (Å²) in [4.78, 5) is 22.2. The quantitative estimate of drug-likeness (QED) is 0.687. The molecule has 20 heavy (non-hydrogen) atoms. The van der Waals surface area contributed by atoms with Crippen LogP contribution in [0, 0.1) is 5.92 Å². The predicted molar refractivity (Wildman–Crippen MR) is 81.6 cm³/mol. The second-order valence-corrected chi connectivity index (χ2v) is 5.70. The molecule has 0 aliphatic heterocycles. The average Bonchev–Trinajstić information content (AvgIpc) is 2.44. The van der Waals surface area contributed by atoms with Crippen LogP contribution in [0.3, 0.4) is 0 Å². The molecular formula is C15H21NO3S. The predicted octanol–water partition coefficient (Wildman–Crippen LogP) is 2.54. The molecule has 0 aliphatic rings. The summed E-state index contributed by atoms with van der Waals surface area (Å²) in [5.74, 6) is 0.135. The van der Waals surface area contributed by atoms with Gasteiger partial charge >= 0.3 is 5.97 Å². The molecule has 0 saturated heterocycles. The molecule has 0 radical (unpaired) electrons. The van der Waals surface area contributed by atoms with E-state index in [2.05, 4.69) is 5.32 Å². The van der Waals surface area contributed by atoms with Gasteiger partial charge in [-0.25, -0.2) is 0 Å². The monoisotopic (exact) mass is 295 g/mol. The molecule has 0 spiro atoms. The SMILES string of the molecule is CC(CCCNC(=O)CSCc1ccccc1)C(=O)O. The van der Waals surface area contributed by atoms with Crippen molar-refractivity contribution in [2.45, 2.75) is 25.5 Å². The Morgan fingerprint density at radius 1 is 1.30 bits per heavy atom. The Labute approximate surface area is 124 Å². The first-order chi connectivity index (χ1) is 9.59. The molecule has 5 heteroatoms. The summed E-state index contributed by atoms with van der Waals surface area (Å²) in [6.45, 7) is 2.22. The van der Waals surface area contributed by atoms with Crippen molar-refractivity contribution in [1.82, 2.24) is 5.32 Å². The van der Waals surface area contributed by atoms with Crippen LogP contribution in [0.2, 0.25) is 0 Å². The summed E-state index contributed by atoms with van der Waals surface area (Å²) >= 11 is 1.58. The molecule has 1 unspecified atom stereocenters. The lowest BCUT2D eigenvalue weighted by Gasteiger charge is -2.07. The number of hydrogen-bond donors (Lipinski definition) is 2. The van der Waals surface area contributed by atoms with Gasteiger partial charge in [-0.05, 0) is 18.4 Å². The first kappa shape index (κ1) is 16.6. The van der Waals surface area contributed by atoms with Gasteiger partial charge in [0.05, 0.1) is 11.7 Å². The number of carboxylic acid groups (broad SMARTS) is 1. The highest BCUT2D eigenvalue weighted by Gasteiger charge is 2.10. The molecule has 110 valence electrons. The maximum Gasteiger partial charge on any atom is 0.306 e. The van der Waals surface area contributed by atoms with E-state index in [0.29, 0.717) is 25.1 Å². The van der Waals surface area contributed by atoms with Crippen LogP contribution in [0.15, 0.2) is 30.3 Å². The van der Waals surface area contributed by atoms with Gasteiger partial charge in [0.2, 0.25) is 5.91 Å². The van der Waals surface area contributed by atoms with E-state index in [1.807, 2.05) is 30.3 Å². The van der Waals surface area contributed by atoms with Crippen LogP contribution in [0.4, 0.5) is 0 Å². The van der Waals surface area contributed by atoms with Crippen LogP contribution in [0.25, 0.3) is 0 Å². The van der Waals surface area contributed by atoms with Gasteiger partial charge in [0.1, 0.15) is 0 Å². The number of aliphatic carboxylic acids is 1. The minimum atomic E-state index is -0.783. The van der Waals surface area contributed by atoms with Crippen molar-refractivity contribution < 1.29 is 14.7 Å². The number of nitrogens with one attached hydrogen (secondary N) is 1. The van der Waals surface area contributed by atoms with Crippen molar-refractivity contribution in [1.29, 1.82) is 0 Å². The zero-order chi connectivity index (χ0) is 14.8. The lowest BCUT2D eigenvalue weighted by atomic mass is 10.1. The largest absolute Gasteiger partial charge is 0.481 e. The van der Waals surface area contributed by atoms with Crippen molar-refractivity contribution >= 4 is 23.6 Å². The summed E-state index contributed by atoms with van der Waals surface area (Å²) in [6.07, 6.45) is 1.29. The van der Waals surface area contributed by atoms with Crippen molar-refractivity contribution in [2.75, 3.05) is 12.3 Å². The number of amides is 1. The fourth-order valence-electron chi connectivity index (χ4n) is 1.65. The van der Waals surface area contributed by atoms with E-state index in [-0.39, 0.29) is 11.8 Å². The number of thioether (sulfide) groups is 1. The Hall–Kier alpha value is -1.49. The van der Waals surface area contributed by atoms with Crippen LogP contribution in [-0.4, -0.2) is 29.3 Å². The number of benzene rings is 1. The Morgan fingerprint density at radius 3 is 2.65 bits per heavy atom. The number of hydrogen-bond acceptors (Lipinski definition) is 3. The van der Waals surface area contributed by atoms with Gasteiger partial charge in [-0.15, -0.1) is 11.8 Å². The fraction of sp³-hybridized carbons (Fsp3) is 0.467. The molecule has 0 aliphatic carbocycles. The van der Waals surface area contributed by atoms with Gasteiger partial charge in [0.25, 0.3) is 0 Å². The Morgan fingerprint density at radius 2 is 2.00 bits per heavy atom. The van der Waals surface area contributed by atoms with Crippen molar-refractivity contribution in [3.05, 3.63) is 35.9 Å². The van der Waals surface area contributed by atoms with Crippen LogP contribution in [0.5, 0.6) is 0 Å². The second kappa shape index (κ2) is 9.42. The first-order valence-electron chi connectivity index (χ1n) is 6.70. The summed E-state index contributed by atoms with van der Waals surface area (Å²) in [5.41, 5.74) is 1.21. The van der Waals surface area contributed by atoms with E-state index in [1.165, 1.54) is 5.56 Å². The number of carbonyl (C=O) groups excluding carboxylic acids is 1. The third kappa shape index (κ3) is 7.19. The van der Waals surface area contributed by atoms with Crippen molar-refractivity contribution in [3.63, 3.8) is 0 Å². The standard InChI is InChI=1S/C15H21NO3S/c1-12(15(18)19)6-5-9-16-14(17)11-20-10-13-7-3-2-4-8-13/h2-4,7-8,12H,5-6,9-11H2,1H3,(H,16,17)(H,18,19). The minimum absolute atomic E-state index is 0.00825. The smallest absolute Gasteiger partial charge is 0.306 e. The van der Waals surface area contributed by atoms with E-state index in [4.69, 9.17) is 5.11 Å². The molecule has 1 amide bonds. The summed E-state index contributed by atoms with van der Waals surface area (Å²) in [6, 6.07) is 10.0. The first-order valence-corrected chi connectivity index (χ1v) is 7.86. The summed E-state index contributed by atoms with van der Waals surface area (Å²) < 4.78 is 0. The lowest BCUT2D eigenvalue weighted by molar-refractivity contribution is -0.141. The van der Waals surface area contributed by atoms with E-state index in [0.717, 1.165) is 5.75 Å². The molecule has 0 fully saturated rings. The van der Waals surface area contributed by atoms with E-state index in [9.17, 15) is 9.59 Å². The molecule has 1 atom stereocenters. The molecular weight excluding hydrogens is 274 g/mol. The summed E-state index contributed by atoms with van der Waals surface area (Å²) in [7, 11) is 0. The zero-order valence-corrected chi connectivity index (χ0v) is 12.5. The van der Waals surface area contributed by atoms with Gasteiger partial charge in [-0.2, -0.15) is 0 Å². The maximum absolute atomic E-state index is 11.6. The van der Waals surface area contributed by atoms with Crippen LogP contribution >= 0.6 is 11.8 Å². The van der Waals surface area contributed by atoms with Gasteiger partial charge in [-0.3, -0.25) is 9.59 Å². The molecule has 1 aromatic rings. The molecule has 0 saturated carbocycles. The van der Waals surface area contributed by atoms with Gasteiger partial charge < -0.3 is 10.4 Å². The Bertz CT molecular complexity index is 422. The maximum atomic E-state index is 11.6. The highest BCUT2D eigenvalue weighted by molar-refractivity contribution is 7.99.